The van der Waals surface area contributed by atoms with Crippen LogP contribution in [0.4, 0.5) is 0 Å². The number of aliphatic hydroxyl groups is 1. The molecule has 2 aliphatic rings. The number of hydrogen-bond acceptors (Lipinski definition) is 1. The summed E-state index contributed by atoms with van der Waals surface area (Å²) in [6.45, 7) is 9.17. The van der Waals surface area contributed by atoms with Crippen LogP contribution in [0.3, 0.4) is 0 Å². The summed E-state index contributed by atoms with van der Waals surface area (Å²) >= 11 is 0. The molecule has 0 aliphatic heterocycles. The minimum absolute atomic E-state index is 0.0775. The maximum atomic E-state index is 10.5. The molecule has 2 rings (SSSR count). The molecule has 0 aromatic rings. The van der Waals surface area contributed by atoms with Gasteiger partial charge in [0.25, 0.3) is 0 Å². The van der Waals surface area contributed by atoms with Crippen LogP contribution in [-0.4, -0.2) is 11.2 Å². The van der Waals surface area contributed by atoms with Gasteiger partial charge >= 0.3 is 0 Å². The molecule has 1 heteroatoms. The molecule has 2 aliphatic carbocycles. The third-order valence-electron chi connectivity index (χ3n) is 5.98. The molecule has 0 saturated heterocycles. The first-order valence-electron chi connectivity index (χ1n) is 8.10. The zero-order valence-corrected chi connectivity index (χ0v) is 12.8. The highest BCUT2D eigenvalue weighted by molar-refractivity contribution is 5.11. The molecule has 106 valence electrons. The Morgan fingerprint density at radius 2 is 1.67 bits per heavy atom. The number of unbranched alkanes of at least 4 members (excludes halogenated alkanes) is 4. The average Bonchev–Trinajstić information content (AvgIpc) is 2.74. The summed E-state index contributed by atoms with van der Waals surface area (Å²) in [7, 11) is 0. The molecule has 2 saturated carbocycles. The first-order chi connectivity index (χ1) is 8.42. The van der Waals surface area contributed by atoms with Crippen LogP contribution >= 0.6 is 0 Å². The number of aliphatic hydroxyl groups excluding tert-OH is 1. The highest BCUT2D eigenvalue weighted by atomic mass is 16.3. The predicted octanol–water partition coefficient (Wildman–Crippen LogP) is 4.78. The van der Waals surface area contributed by atoms with Crippen LogP contribution < -0.4 is 0 Å². The van der Waals surface area contributed by atoms with E-state index >= 15 is 0 Å². The molecule has 0 amide bonds. The second-order valence-corrected chi connectivity index (χ2v) is 7.86. The van der Waals surface area contributed by atoms with Crippen molar-refractivity contribution in [2.24, 2.45) is 22.7 Å². The topological polar surface area (TPSA) is 20.2 Å². The van der Waals surface area contributed by atoms with Gasteiger partial charge in [-0.2, -0.15) is 0 Å². The minimum Gasteiger partial charge on any atom is -0.392 e. The van der Waals surface area contributed by atoms with Crippen molar-refractivity contribution < 1.29 is 5.11 Å². The van der Waals surface area contributed by atoms with Gasteiger partial charge in [0, 0.05) is 0 Å². The van der Waals surface area contributed by atoms with E-state index in [4.69, 9.17) is 0 Å². The van der Waals surface area contributed by atoms with Crippen LogP contribution in [0.25, 0.3) is 0 Å². The van der Waals surface area contributed by atoms with Crippen molar-refractivity contribution in [3.05, 3.63) is 0 Å². The van der Waals surface area contributed by atoms with Crippen molar-refractivity contribution in [3.8, 4) is 0 Å². The molecule has 1 unspecified atom stereocenters. The van der Waals surface area contributed by atoms with E-state index in [9.17, 15) is 5.11 Å². The van der Waals surface area contributed by atoms with Crippen LogP contribution in [0.5, 0.6) is 0 Å². The van der Waals surface area contributed by atoms with Gasteiger partial charge in [-0.3, -0.25) is 0 Å². The van der Waals surface area contributed by atoms with Crippen molar-refractivity contribution in [2.75, 3.05) is 0 Å². The van der Waals surface area contributed by atoms with E-state index in [-0.39, 0.29) is 16.9 Å². The highest BCUT2D eigenvalue weighted by Gasteiger charge is 2.62. The molecule has 0 heterocycles. The number of hydrogen-bond donors (Lipinski definition) is 1. The lowest BCUT2D eigenvalue weighted by atomic mass is 9.65. The highest BCUT2D eigenvalue weighted by Crippen LogP contribution is 2.65. The molecule has 1 N–H and O–H groups in total. The Balaban J connectivity index is 1.83. The van der Waals surface area contributed by atoms with Gasteiger partial charge in [-0.1, -0.05) is 66.2 Å². The zero-order chi connectivity index (χ0) is 13.4. The molecule has 18 heavy (non-hydrogen) atoms. The molecule has 4 atom stereocenters. The van der Waals surface area contributed by atoms with Crippen molar-refractivity contribution in [1.82, 2.24) is 0 Å². The summed E-state index contributed by atoms with van der Waals surface area (Å²) in [5.41, 5.74) is 0.378. The lowest BCUT2D eigenvalue weighted by molar-refractivity contribution is -0.0546. The van der Waals surface area contributed by atoms with Gasteiger partial charge in [-0.15, -0.1) is 0 Å². The molecule has 2 fully saturated rings. The van der Waals surface area contributed by atoms with Gasteiger partial charge in [-0.25, -0.2) is 0 Å². The standard InChI is InChI=1S/C17H32O/c1-5-6-7-8-9-10-13-11-17(4)12-14(13)16(2,3)15(17)18/h13-15,18H,5-12H2,1-4H3/t13?,14-,15+,17+/m0/s1. The lowest BCUT2D eigenvalue weighted by Crippen LogP contribution is -2.43. The van der Waals surface area contributed by atoms with Crippen LogP contribution in [0.2, 0.25) is 0 Å². The van der Waals surface area contributed by atoms with E-state index in [1.165, 1.54) is 51.4 Å². The molecule has 0 aromatic heterocycles. The molecule has 0 radical (unpaired) electrons. The van der Waals surface area contributed by atoms with Gasteiger partial charge in [0.15, 0.2) is 0 Å². The van der Waals surface area contributed by atoms with Gasteiger partial charge in [0.1, 0.15) is 0 Å². The largest absolute Gasteiger partial charge is 0.392 e. The minimum atomic E-state index is -0.0775. The Morgan fingerprint density at radius 3 is 2.22 bits per heavy atom. The zero-order valence-electron chi connectivity index (χ0n) is 12.8. The fourth-order valence-corrected chi connectivity index (χ4v) is 5.00. The summed E-state index contributed by atoms with van der Waals surface area (Å²) in [6.07, 6.45) is 10.8. The van der Waals surface area contributed by atoms with Crippen molar-refractivity contribution in [3.63, 3.8) is 0 Å². The van der Waals surface area contributed by atoms with Crippen LogP contribution in [0, 0.1) is 22.7 Å². The van der Waals surface area contributed by atoms with E-state index in [1.807, 2.05) is 0 Å². The Kier molecular flexibility index (Phi) is 4.11. The van der Waals surface area contributed by atoms with Gasteiger partial charge in [0.05, 0.1) is 6.10 Å². The van der Waals surface area contributed by atoms with Crippen molar-refractivity contribution in [1.29, 1.82) is 0 Å². The smallest absolute Gasteiger partial charge is 0.0647 e. The van der Waals surface area contributed by atoms with E-state index in [0.717, 1.165) is 11.8 Å². The second kappa shape index (κ2) is 5.15. The summed E-state index contributed by atoms with van der Waals surface area (Å²) in [5.74, 6) is 1.65. The Labute approximate surface area is 113 Å². The first-order valence-corrected chi connectivity index (χ1v) is 8.10. The summed E-state index contributed by atoms with van der Waals surface area (Å²) < 4.78 is 0. The predicted molar refractivity (Wildman–Crippen MR) is 77.5 cm³/mol. The molecule has 0 aromatic carbocycles. The van der Waals surface area contributed by atoms with E-state index in [0.29, 0.717) is 0 Å². The summed E-state index contributed by atoms with van der Waals surface area (Å²) in [5, 5.41) is 10.5. The quantitative estimate of drug-likeness (QED) is 0.674. The fraction of sp³-hybridized carbons (Fsp3) is 1.00. The Bertz CT molecular complexity index is 279. The normalized spacial score (nSPS) is 41.5. The Hall–Kier alpha value is -0.0400. The third kappa shape index (κ3) is 2.35. The monoisotopic (exact) mass is 252 g/mol. The maximum Gasteiger partial charge on any atom is 0.0647 e. The molecular formula is C17H32O. The maximum absolute atomic E-state index is 10.5. The SMILES string of the molecule is CCCCCCCC1C[C@]2(C)C[C@@H]1C(C)(C)[C@H]2O. The Morgan fingerprint density at radius 1 is 1.00 bits per heavy atom. The van der Waals surface area contributed by atoms with Gasteiger partial charge in [-0.05, 0) is 35.5 Å². The van der Waals surface area contributed by atoms with Crippen LogP contribution in [0.15, 0.2) is 0 Å². The third-order valence-corrected chi connectivity index (χ3v) is 5.98. The van der Waals surface area contributed by atoms with E-state index in [1.54, 1.807) is 0 Å². The molecule has 2 bridgehead atoms. The summed E-state index contributed by atoms with van der Waals surface area (Å²) in [4.78, 5) is 0. The molecule has 0 spiro atoms. The van der Waals surface area contributed by atoms with E-state index in [2.05, 4.69) is 27.7 Å². The first kappa shape index (κ1) is 14.4. The summed E-state index contributed by atoms with van der Waals surface area (Å²) in [6, 6.07) is 0. The molecule has 1 nitrogen and oxygen atoms in total. The van der Waals surface area contributed by atoms with E-state index < -0.39 is 0 Å². The van der Waals surface area contributed by atoms with Crippen LogP contribution in [0.1, 0.15) is 79.1 Å². The molecular weight excluding hydrogens is 220 g/mol. The van der Waals surface area contributed by atoms with Gasteiger partial charge < -0.3 is 5.11 Å². The van der Waals surface area contributed by atoms with Crippen molar-refractivity contribution in [2.45, 2.75) is 85.2 Å². The number of rotatable bonds is 6. The van der Waals surface area contributed by atoms with Gasteiger partial charge in [0.2, 0.25) is 0 Å². The number of fused-ring (bicyclic) bond motifs is 2. The average molecular weight is 252 g/mol. The van der Waals surface area contributed by atoms with Crippen molar-refractivity contribution >= 4 is 0 Å². The second-order valence-electron chi connectivity index (χ2n) is 7.86. The fourth-order valence-electron chi connectivity index (χ4n) is 5.00. The van der Waals surface area contributed by atoms with Crippen LogP contribution in [-0.2, 0) is 0 Å². The lowest BCUT2D eigenvalue weighted by Gasteiger charge is -2.43.